The van der Waals surface area contributed by atoms with Crippen LogP contribution in [0.15, 0.2) is 47.4 Å². The number of carbonyl (C=O) groups excluding carboxylic acids is 1. The quantitative estimate of drug-likeness (QED) is 0.463. The molecule has 0 aliphatic heterocycles. The van der Waals surface area contributed by atoms with E-state index in [1.54, 1.807) is 30.3 Å². The van der Waals surface area contributed by atoms with E-state index < -0.39 is 10.0 Å². The first-order chi connectivity index (χ1) is 15.2. The number of rotatable bonds is 9. The Balaban J connectivity index is 1.58. The minimum atomic E-state index is -3.76. The minimum absolute atomic E-state index is 0.121. The van der Waals surface area contributed by atoms with E-state index in [4.69, 9.17) is 16.3 Å². The van der Waals surface area contributed by atoms with Crippen molar-refractivity contribution in [1.29, 1.82) is 0 Å². The van der Waals surface area contributed by atoms with E-state index in [9.17, 15) is 13.2 Å². The Hall–Kier alpha value is -2.69. The van der Waals surface area contributed by atoms with Crippen LogP contribution in [0.5, 0.6) is 5.75 Å². The molecule has 0 unspecified atom stereocenters. The van der Waals surface area contributed by atoms with Crippen LogP contribution in [0.3, 0.4) is 0 Å². The van der Waals surface area contributed by atoms with E-state index in [-0.39, 0.29) is 21.9 Å². The molecule has 1 heterocycles. The summed E-state index contributed by atoms with van der Waals surface area (Å²) in [6.45, 7) is 4.29. The van der Waals surface area contributed by atoms with Crippen LogP contribution in [0.25, 0.3) is 0 Å². The van der Waals surface area contributed by atoms with Gasteiger partial charge < -0.3 is 10.1 Å². The zero-order chi connectivity index (χ0) is 23.3. The highest BCUT2D eigenvalue weighted by Crippen LogP contribution is 2.25. The van der Waals surface area contributed by atoms with Crippen molar-refractivity contribution in [2.75, 3.05) is 18.4 Å². The maximum absolute atomic E-state index is 12.6. The molecule has 3 rings (SSSR count). The van der Waals surface area contributed by atoms with Gasteiger partial charge in [-0.25, -0.2) is 8.42 Å². The number of nitrogens with zero attached hydrogens (tertiary/aromatic N) is 2. The number of sulfonamides is 1. The number of methoxy groups -OCH3 is 1. The lowest BCUT2D eigenvalue weighted by atomic mass is 10.1. The van der Waals surface area contributed by atoms with Gasteiger partial charge in [0.15, 0.2) is 0 Å². The van der Waals surface area contributed by atoms with Gasteiger partial charge in [-0.2, -0.15) is 0 Å². The number of halogens is 1. The number of nitrogens with one attached hydrogen (secondary N) is 2. The Morgan fingerprint density at radius 3 is 2.50 bits per heavy atom. The summed E-state index contributed by atoms with van der Waals surface area (Å²) in [7, 11) is -2.28. The summed E-state index contributed by atoms with van der Waals surface area (Å²) in [6, 6.07) is 11.3. The zero-order valence-electron chi connectivity index (χ0n) is 17.8. The fourth-order valence-electron chi connectivity index (χ4n) is 2.79. The molecular formula is C21H23ClN4O4S2. The Bertz CT molecular complexity index is 1190. The second kappa shape index (κ2) is 10.3. The SMILES string of the molecule is COc1ccc(Cl)cc1C(=O)NCCc1ccc(S(=O)(=O)Nc2nnc(C(C)C)s2)cc1. The molecule has 0 fully saturated rings. The molecule has 32 heavy (non-hydrogen) atoms. The molecule has 0 saturated carbocycles. The standard InChI is InChI=1S/C21H23ClN4O4S2/c1-13(2)20-24-25-21(31-20)26-32(28,29)16-7-4-14(5-8-16)10-11-23-19(27)17-12-15(22)6-9-18(17)30-3/h4-9,12-13H,10-11H2,1-3H3,(H,23,27)(H,25,26). The van der Waals surface area contributed by atoms with Crippen molar-refractivity contribution in [3.8, 4) is 5.75 Å². The predicted molar refractivity (Wildman–Crippen MR) is 125 cm³/mol. The normalized spacial score (nSPS) is 11.4. The number of aromatic nitrogens is 2. The van der Waals surface area contributed by atoms with E-state index in [0.29, 0.717) is 29.3 Å². The third kappa shape index (κ3) is 5.96. The molecule has 170 valence electrons. The second-order valence-electron chi connectivity index (χ2n) is 7.20. The lowest BCUT2D eigenvalue weighted by molar-refractivity contribution is 0.0951. The third-order valence-electron chi connectivity index (χ3n) is 4.50. The minimum Gasteiger partial charge on any atom is -0.496 e. The number of anilines is 1. The zero-order valence-corrected chi connectivity index (χ0v) is 20.1. The maximum atomic E-state index is 12.6. The topological polar surface area (TPSA) is 110 Å². The summed E-state index contributed by atoms with van der Waals surface area (Å²) in [4.78, 5) is 12.5. The first kappa shape index (κ1) is 24.0. The molecule has 0 aliphatic carbocycles. The molecule has 2 aromatic carbocycles. The molecule has 8 nitrogen and oxygen atoms in total. The Morgan fingerprint density at radius 1 is 1.16 bits per heavy atom. The number of hydrogen-bond acceptors (Lipinski definition) is 7. The molecule has 11 heteroatoms. The van der Waals surface area contributed by atoms with E-state index >= 15 is 0 Å². The van der Waals surface area contributed by atoms with Crippen molar-refractivity contribution >= 4 is 44.0 Å². The van der Waals surface area contributed by atoms with Crippen LogP contribution in [0, 0.1) is 0 Å². The van der Waals surface area contributed by atoms with Crippen LogP contribution >= 0.6 is 22.9 Å². The smallest absolute Gasteiger partial charge is 0.263 e. The van der Waals surface area contributed by atoms with Crippen LogP contribution in [0.1, 0.15) is 40.7 Å². The lowest BCUT2D eigenvalue weighted by Gasteiger charge is -2.10. The monoisotopic (exact) mass is 494 g/mol. The van der Waals surface area contributed by atoms with Crippen LogP contribution in [0.2, 0.25) is 5.02 Å². The van der Waals surface area contributed by atoms with Crippen LogP contribution in [-0.2, 0) is 16.4 Å². The summed E-state index contributed by atoms with van der Waals surface area (Å²) in [6.07, 6.45) is 0.524. The summed E-state index contributed by atoms with van der Waals surface area (Å²) in [5, 5.41) is 12.1. The molecular weight excluding hydrogens is 472 g/mol. The number of benzene rings is 2. The average Bonchev–Trinajstić information content (AvgIpc) is 3.22. The van der Waals surface area contributed by atoms with Gasteiger partial charge in [-0.15, -0.1) is 10.2 Å². The molecule has 0 saturated heterocycles. The van der Waals surface area contributed by atoms with E-state index in [1.165, 1.54) is 30.6 Å². The van der Waals surface area contributed by atoms with Gasteiger partial charge in [-0.3, -0.25) is 9.52 Å². The van der Waals surface area contributed by atoms with Gasteiger partial charge in [-0.1, -0.05) is 48.9 Å². The molecule has 0 radical (unpaired) electrons. The third-order valence-corrected chi connectivity index (χ3v) is 7.35. The summed E-state index contributed by atoms with van der Waals surface area (Å²) >= 11 is 7.18. The van der Waals surface area contributed by atoms with Crippen LogP contribution < -0.4 is 14.8 Å². The van der Waals surface area contributed by atoms with Gasteiger partial charge in [-0.05, 0) is 42.3 Å². The largest absolute Gasteiger partial charge is 0.496 e. The van der Waals surface area contributed by atoms with Crippen LogP contribution in [-0.4, -0.2) is 38.2 Å². The van der Waals surface area contributed by atoms with E-state index in [2.05, 4.69) is 20.2 Å². The second-order valence-corrected chi connectivity index (χ2v) is 10.3. The van der Waals surface area contributed by atoms with Crippen LogP contribution in [0.4, 0.5) is 5.13 Å². The lowest BCUT2D eigenvalue weighted by Crippen LogP contribution is -2.26. The Labute approximate surface area is 196 Å². The summed E-state index contributed by atoms with van der Waals surface area (Å²) in [5.74, 6) is 0.306. The molecule has 0 bridgehead atoms. The Kier molecular flexibility index (Phi) is 7.70. The Morgan fingerprint density at radius 2 is 1.88 bits per heavy atom. The van der Waals surface area contributed by atoms with Crippen molar-refractivity contribution in [2.45, 2.75) is 31.1 Å². The van der Waals surface area contributed by atoms with Crippen molar-refractivity contribution in [3.05, 3.63) is 63.6 Å². The molecule has 3 aromatic rings. The first-order valence-corrected chi connectivity index (χ1v) is 12.4. The summed E-state index contributed by atoms with van der Waals surface area (Å²) in [5.41, 5.74) is 1.23. The average molecular weight is 495 g/mol. The van der Waals surface area contributed by atoms with Gasteiger partial charge in [0.1, 0.15) is 10.8 Å². The predicted octanol–water partition coefficient (Wildman–Crippen LogP) is 4.10. The highest BCUT2D eigenvalue weighted by atomic mass is 35.5. The van der Waals surface area contributed by atoms with Gasteiger partial charge in [0.2, 0.25) is 5.13 Å². The molecule has 2 N–H and O–H groups in total. The molecule has 1 aromatic heterocycles. The van der Waals surface area contributed by atoms with E-state index in [1.807, 2.05) is 13.8 Å². The fraction of sp³-hybridized carbons (Fsp3) is 0.286. The van der Waals surface area contributed by atoms with Crippen molar-refractivity contribution in [3.63, 3.8) is 0 Å². The van der Waals surface area contributed by atoms with Gasteiger partial charge in [0.25, 0.3) is 15.9 Å². The number of ether oxygens (including phenoxy) is 1. The van der Waals surface area contributed by atoms with E-state index in [0.717, 1.165) is 10.6 Å². The molecule has 1 amide bonds. The molecule has 0 atom stereocenters. The number of carbonyl (C=O) groups is 1. The number of amides is 1. The van der Waals surface area contributed by atoms with Gasteiger partial charge >= 0.3 is 0 Å². The molecule has 0 aliphatic rings. The first-order valence-electron chi connectivity index (χ1n) is 9.76. The van der Waals surface area contributed by atoms with Gasteiger partial charge in [0.05, 0.1) is 17.6 Å². The van der Waals surface area contributed by atoms with Gasteiger partial charge in [0, 0.05) is 17.5 Å². The van der Waals surface area contributed by atoms with Crippen molar-refractivity contribution < 1.29 is 17.9 Å². The summed E-state index contributed by atoms with van der Waals surface area (Å²) < 4.78 is 32.8. The molecule has 0 spiro atoms. The van der Waals surface area contributed by atoms with Crippen molar-refractivity contribution in [2.24, 2.45) is 0 Å². The van der Waals surface area contributed by atoms with Crippen molar-refractivity contribution in [1.82, 2.24) is 15.5 Å². The number of hydrogen-bond donors (Lipinski definition) is 2. The highest BCUT2D eigenvalue weighted by Gasteiger charge is 2.18. The fourth-order valence-corrected chi connectivity index (χ4v) is 4.94. The highest BCUT2D eigenvalue weighted by molar-refractivity contribution is 7.93. The maximum Gasteiger partial charge on any atom is 0.263 e.